The second kappa shape index (κ2) is 7.99. The van der Waals surface area contributed by atoms with Crippen LogP contribution in [0.15, 0.2) is 49.2 Å². The average molecular weight is 399 g/mol. The van der Waals surface area contributed by atoms with Crippen LogP contribution in [-0.2, 0) is 6.42 Å². The minimum absolute atomic E-state index is 0.672. The van der Waals surface area contributed by atoms with Crippen molar-refractivity contribution in [1.29, 1.82) is 0 Å². The van der Waals surface area contributed by atoms with Crippen LogP contribution in [0.3, 0.4) is 0 Å². The van der Waals surface area contributed by atoms with Crippen LogP contribution in [-0.4, -0.2) is 39.2 Å². The molecule has 4 rings (SSSR count). The van der Waals surface area contributed by atoms with Gasteiger partial charge >= 0.3 is 0 Å². The van der Waals surface area contributed by atoms with Crippen LogP contribution in [0.4, 0.5) is 5.69 Å². The van der Waals surface area contributed by atoms with E-state index in [1.165, 1.54) is 11.3 Å². The molecular formula is C24H26N6. The second-order valence-electron chi connectivity index (χ2n) is 7.52. The van der Waals surface area contributed by atoms with Gasteiger partial charge in [-0.3, -0.25) is 5.10 Å². The molecule has 6 nitrogen and oxygen atoms in total. The summed E-state index contributed by atoms with van der Waals surface area (Å²) in [5.41, 5.74) is 8.04. The number of aromatic nitrogens is 5. The number of anilines is 1. The van der Waals surface area contributed by atoms with E-state index in [1.54, 1.807) is 6.08 Å². The fraction of sp³-hybridized carbons (Fsp3) is 0.208. The summed E-state index contributed by atoms with van der Waals surface area (Å²) in [7, 11) is 4.12. The van der Waals surface area contributed by atoms with Crippen LogP contribution >= 0.6 is 0 Å². The van der Waals surface area contributed by atoms with Gasteiger partial charge in [0.05, 0.1) is 11.1 Å². The normalized spacial score (nSPS) is 11.5. The summed E-state index contributed by atoms with van der Waals surface area (Å²) >= 11 is 0. The smallest absolute Gasteiger partial charge is 0.181 e. The third-order valence-electron chi connectivity index (χ3n) is 5.19. The molecule has 0 saturated carbocycles. The van der Waals surface area contributed by atoms with Gasteiger partial charge in [0.1, 0.15) is 5.69 Å². The Balaban J connectivity index is 1.82. The molecule has 0 radical (unpaired) electrons. The zero-order chi connectivity index (χ0) is 21.3. The van der Waals surface area contributed by atoms with Crippen molar-refractivity contribution >= 4 is 22.8 Å². The number of imidazole rings is 1. The van der Waals surface area contributed by atoms with Gasteiger partial charge in [-0.2, -0.15) is 5.10 Å². The number of rotatable bonds is 6. The first kappa shape index (κ1) is 19.6. The van der Waals surface area contributed by atoms with E-state index < -0.39 is 0 Å². The fourth-order valence-electron chi connectivity index (χ4n) is 3.45. The van der Waals surface area contributed by atoms with Gasteiger partial charge in [0, 0.05) is 37.2 Å². The molecule has 1 aromatic carbocycles. The minimum Gasteiger partial charge on any atom is -0.378 e. The van der Waals surface area contributed by atoms with Crippen molar-refractivity contribution in [2.24, 2.45) is 0 Å². The largest absolute Gasteiger partial charge is 0.378 e. The Morgan fingerprint density at radius 1 is 1.13 bits per heavy atom. The number of benzene rings is 1. The second-order valence-corrected chi connectivity index (χ2v) is 7.52. The van der Waals surface area contributed by atoms with Gasteiger partial charge in [-0.1, -0.05) is 31.7 Å². The van der Waals surface area contributed by atoms with Crippen molar-refractivity contribution in [3.63, 3.8) is 0 Å². The van der Waals surface area contributed by atoms with E-state index in [1.807, 2.05) is 25.3 Å². The summed E-state index contributed by atoms with van der Waals surface area (Å²) in [5.74, 6) is 0.744. The molecule has 30 heavy (non-hydrogen) atoms. The summed E-state index contributed by atoms with van der Waals surface area (Å²) < 4.78 is 0. The van der Waals surface area contributed by atoms with Crippen molar-refractivity contribution in [2.75, 3.05) is 19.0 Å². The molecule has 0 unspecified atom stereocenters. The molecule has 0 amide bonds. The van der Waals surface area contributed by atoms with E-state index in [0.29, 0.717) is 5.65 Å². The number of hydrogen-bond donors (Lipinski definition) is 2. The maximum absolute atomic E-state index is 4.71. The summed E-state index contributed by atoms with van der Waals surface area (Å²) in [6, 6.07) is 8.77. The van der Waals surface area contributed by atoms with Gasteiger partial charge in [-0.05, 0) is 48.7 Å². The zero-order valence-corrected chi connectivity index (χ0v) is 17.8. The Morgan fingerprint density at radius 3 is 2.70 bits per heavy atom. The number of H-pyrrole nitrogens is 2. The van der Waals surface area contributed by atoms with Crippen LogP contribution in [0.5, 0.6) is 0 Å². The highest BCUT2D eigenvalue weighted by molar-refractivity contribution is 5.92. The Morgan fingerprint density at radius 2 is 1.97 bits per heavy atom. The quantitative estimate of drug-likeness (QED) is 0.441. The summed E-state index contributed by atoms with van der Waals surface area (Å²) in [6.45, 7) is 7.89. The SMILES string of the molecule is C=C/C=C\c1nc(-c2[nH]nc3ncc(-c4cc(CC)cc(N(C)C)c4)cc23)[nH]c1C. The van der Waals surface area contributed by atoms with Crippen molar-refractivity contribution in [1.82, 2.24) is 25.1 Å². The molecule has 2 N–H and O–H groups in total. The van der Waals surface area contributed by atoms with Crippen molar-refractivity contribution in [3.8, 4) is 22.6 Å². The first-order valence-electron chi connectivity index (χ1n) is 10.0. The van der Waals surface area contributed by atoms with Gasteiger partial charge < -0.3 is 9.88 Å². The first-order chi connectivity index (χ1) is 14.5. The van der Waals surface area contributed by atoms with E-state index >= 15 is 0 Å². The Kier molecular flexibility index (Phi) is 5.23. The van der Waals surface area contributed by atoms with Crippen LogP contribution in [0.2, 0.25) is 0 Å². The maximum Gasteiger partial charge on any atom is 0.181 e. The van der Waals surface area contributed by atoms with Crippen LogP contribution in [0, 0.1) is 6.92 Å². The number of pyridine rings is 1. The minimum atomic E-state index is 0.672. The molecule has 0 aliphatic rings. The lowest BCUT2D eigenvalue weighted by Gasteiger charge is -2.16. The molecule has 0 bridgehead atoms. The van der Waals surface area contributed by atoms with E-state index in [-0.39, 0.29) is 0 Å². The molecule has 3 heterocycles. The van der Waals surface area contributed by atoms with Crippen LogP contribution in [0.25, 0.3) is 39.8 Å². The first-order valence-corrected chi connectivity index (χ1v) is 10.0. The molecule has 0 spiro atoms. The molecule has 6 heteroatoms. The van der Waals surface area contributed by atoms with E-state index in [9.17, 15) is 0 Å². The Labute approximate surface area is 176 Å². The topological polar surface area (TPSA) is 73.5 Å². The van der Waals surface area contributed by atoms with Crippen molar-refractivity contribution < 1.29 is 0 Å². The predicted molar refractivity (Wildman–Crippen MR) is 125 cm³/mol. The van der Waals surface area contributed by atoms with Gasteiger partial charge in [-0.15, -0.1) is 0 Å². The fourth-order valence-corrected chi connectivity index (χ4v) is 3.45. The number of fused-ring (bicyclic) bond motifs is 1. The number of aryl methyl sites for hydroxylation is 2. The molecular weight excluding hydrogens is 372 g/mol. The molecule has 0 atom stereocenters. The summed E-state index contributed by atoms with van der Waals surface area (Å²) in [5, 5.41) is 8.41. The highest BCUT2D eigenvalue weighted by Gasteiger charge is 2.15. The van der Waals surface area contributed by atoms with E-state index in [0.717, 1.165) is 45.8 Å². The van der Waals surface area contributed by atoms with Crippen LogP contribution < -0.4 is 4.90 Å². The lowest BCUT2D eigenvalue weighted by atomic mass is 10.0. The number of aromatic amines is 2. The number of allylic oxidation sites excluding steroid dienone is 2. The molecule has 3 aromatic heterocycles. The standard InChI is InChI=1S/C24H26N6/c1-6-8-9-21-15(3)26-24(27-21)22-20-13-18(14-25-23(20)29-28-22)17-10-16(7-2)11-19(12-17)30(4)5/h6,8-14H,1,7H2,2-5H3,(H,26,27)(H,25,28,29)/b9-8-. The summed E-state index contributed by atoms with van der Waals surface area (Å²) in [6.07, 6.45) is 8.41. The van der Waals surface area contributed by atoms with Gasteiger partial charge in [0.2, 0.25) is 0 Å². The third kappa shape index (κ3) is 3.64. The third-order valence-corrected chi connectivity index (χ3v) is 5.19. The Hall–Kier alpha value is -3.67. The maximum atomic E-state index is 4.71. The average Bonchev–Trinajstić information content (AvgIpc) is 3.34. The molecule has 0 aliphatic carbocycles. The molecule has 0 saturated heterocycles. The molecule has 152 valence electrons. The van der Waals surface area contributed by atoms with Gasteiger partial charge in [0.25, 0.3) is 0 Å². The number of hydrogen-bond acceptors (Lipinski definition) is 4. The summed E-state index contributed by atoms with van der Waals surface area (Å²) in [4.78, 5) is 14.8. The van der Waals surface area contributed by atoms with Crippen LogP contribution in [0.1, 0.15) is 23.9 Å². The molecule has 0 fully saturated rings. The van der Waals surface area contributed by atoms with Crippen molar-refractivity contribution in [2.45, 2.75) is 20.3 Å². The van der Waals surface area contributed by atoms with Gasteiger partial charge in [0.15, 0.2) is 11.5 Å². The van der Waals surface area contributed by atoms with Gasteiger partial charge in [-0.25, -0.2) is 9.97 Å². The Bertz CT molecular complexity index is 1240. The predicted octanol–water partition coefficient (Wildman–Crippen LogP) is 5.15. The zero-order valence-electron chi connectivity index (χ0n) is 17.8. The molecule has 4 aromatic rings. The van der Waals surface area contributed by atoms with Crippen molar-refractivity contribution in [3.05, 3.63) is 66.1 Å². The highest BCUT2D eigenvalue weighted by Crippen LogP contribution is 2.31. The molecule has 0 aliphatic heterocycles. The lowest BCUT2D eigenvalue weighted by Crippen LogP contribution is -2.09. The number of nitrogens with zero attached hydrogens (tertiary/aromatic N) is 4. The lowest BCUT2D eigenvalue weighted by molar-refractivity contribution is 1.08. The highest BCUT2D eigenvalue weighted by atomic mass is 15.2. The van der Waals surface area contributed by atoms with E-state index in [4.69, 9.17) is 4.98 Å². The van der Waals surface area contributed by atoms with E-state index in [2.05, 4.69) is 76.9 Å². The monoisotopic (exact) mass is 398 g/mol. The number of nitrogens with one attached hydrogen (secondary N) is 2.